The Kier molecular flexibility index (Phi) is 2.52. The van der Waals surface area contributed by atoms with Crippen LogP contribution in [-0.4, -0.2) is 20.7 Å². The van der Waals surface area contributed by atoms with Gasteiger partial charge in [0.2, 0.25) is 5.96 Å². The van der Waals surface area contributed by atoms with Gasteiger partial charge in [-0.3, -0.25) is 4.57 Å². The number of aromatic nitrogens is 2. The van der Waals surface area contributed by atoms with Crippen molar-refractivity contribution in [2.75, 3.05) is 0 Å². The summed E-state index contributed by atoms with van der Waals surface area (Å²) in [5, 5.41) is 12.6. The number of nitrogens with zero attached hydrogens (tertiary/aromatic N) is 3. The molecular weight excluding hydrogens is 204 g/mol. The average molecular weight is 218 g/mol. The highest BCUT2D eigenvalue weighted by atomic mass is 16.4. The van der Waals surface area contributed by atoms with Gasteiger partial charge in [-0.05, 0) is 24.1 Å². The van der Waals surface area contributed by atoms with Crippen molar-refractivity contribution >= 4 is 17.0 Å². The predicted octanol–water partition coefficient (Wildman–Crippen LogP) is 1.71. The highest BCUT2D eigenvalue weighted by molar-refractivity contribution is 5.91. The average Bonchev–Trinajstić information content (AvgIpc) is 2.70. The summed E-state index contributed by atoms with van der Waals surface area (Å²) in [6, 6.07) is 5.85. The first kappa shape index (κ1) is 10.5. The Labute approximate surface area is 93.2 Å². The van der Waals surface area contributed by atoms with Crippen LogP contribution in [0.25, 0.3) is 11.0 Å². The van der Waals surface area contributed by atoms with Crippen LogP contribution in [0.15, 0.2) is 29.6 Å². The zero-order chi connectivity index (χ0) is 11.7. The van der Waals surface area contributed by atoms with E-state index in [0.29, 0.717) is 11.6 Å². The Hall–Kier alpha value is -2.04. The van der Waals surface area contributed by atoms with E-state index in [1.807, 2.05) is 18.2 Å². The summed E-state index contributed by atoms with van der Waals surface area (Å²) >= 11 is 0. The number of oxime groups is 1. The van der Waals surface area contributed by atoms with Crippen molar-refractivity contribution < 1.29 is 5.21 Å². The number of nitrogens with two attached hydrogens (primary N) is 1. The Morgan fingerprint density at radius 2 is 2.19 bits per heavy atom. The first-order valence-electron chi connectivity index (χ1n) is 5.09. The summed E-state index contributed by atoms with van der Waals surface area (Å²) in [4.78, 5) is 4.49. The molecular formula is C11H14N4O. The van der Waals surface area contributed by atoms with Gasteiger partial charge in [-0.15, -0.1) is 0 Å². The minimum Gasteiger partial charge on any atom is -0.408 e. The predicted molar refractivity (Wildman–Crippen MR) is 62.6 cm³/mol. The molecule has 0 fully saturated rings. The summed E-state index contributed by atoms with van der Waals surface area (Å²) in [5.41, 5.74) is 7.25. The molecule has 5 nitrogen and oxygen atoms in total. The van der Waals surface area contributed by atoms with Crippen molar-refractivity contribution in [3.05, 3.63) is 30.1 Å². The quantitative estimate of drug-likeness (QED) is 0.331. The molecule has 3 N–H and O–H groups in total. The molecule has 2 aromatic rings. The summed E-state index contributed by atoms with van der Waals surface area (Å²) in [5.74, 6) is 0.364. The summed E-state index contributed by atoms with van der Waals surface area (Å²) in [6.45, 7) is 4.15. The summed E-state index contributed by atoms with van der Waals surface area (Å²) < 4.78 is 1.56. The molecule has 0 unspecified atom stereocenters. The third-order valence-electron chi connectivity index (χ3n) is 2.50. The second kappa shape index (κ2) is 3.84. The highest BCUT2D eigenvalue weighted by Crippen LogP contribution is 2.18. The fourth-order valence-electron chi connectivity index (χ4n) is 1.58. The first-order valence-corrected chi connectivity index (χ1v) is 5.09. The molecule has 2 aromatic heterocycles. The molecule has 5 heteroatoms. The van der Waals surface area contributed by atoms with Crippen LogP contribution in [0.1, 0.15) is 25.5 Å². The highest BCUT2D eigenvalue weighted by Gasteiger charge is 2.08. The fraction of sp³-hybridized carbons (Fsp3) is 0.273. The van der Waals surface area contributed by atoms with Crippen LogP contribution in [0.3, 0.4) is 0 Å². The molecule has 0 aliphatic carbocycles. The topological polar surface area (TPSA) is 76.4 Å². The smallest absolute Gasteiger partial charge is 0.243 e. The molecule has 0 spiro atoms. The van der Waals surface area contributed by atoms with Crippen molar-refractivity contribution in [2.24, 2.45) is 10.9 Å². The van der Waals surface area contributed by atoms with Crippen molar-refractivity contribution in [3.63, 3.8) is 0 Å². The van der Waals surface area contributed by atoms with Crippen LogP contribution in [0, 0.1) is 0 Å². The van der Waals surface area contributed by atoms with E-state index in [2.05, 4.69) is 24.0 Å². The largest absolute Gasteiger partial charge is 0.408 e. The molecule has 2 rings (SSSR count). The number of hydrogen-bond acceptors (Lipinski definition) is 3. The maximum atomic E-state index is 8.66. The van der Waals surface area contributed by atoms with E-state index in [1.165, 1.54) is 0 Å². The van der Waals surface area contributed by atoms with E-state index in [9.17, 15) is 0 Å². The Bertz CT molecular complexity index is 542. The van der Waals surface area contributed by atoms with Gasteiger partial charge in [0.1, 0.15) is 5.65 Å². The van der Waals surface area contributed by atoms with Gasteiger partial charge >= 0.3 is 0 Å². The van der Waals surface area contributed by atoms with Crippen LogP contribution in [-0.2, 0) is 0 Å². The maximum Gasteiger partial charge on any atom is 0.243 e. The molecule has 0 radical (unpaired) electrons. The third-order valence-corrected chi connectivity index (χ3v) is 2.50. The van der Waals surface area contributed by atoms with Gasteiger partial charge in [-0.2, -0.15) is 0 Å². The Balaban J connectivity index is 2.65. The Morgan fingerprint density at radius 3 is 2.81 bits per heavy atom. The SMILES string of the molecule is CC(C)c1ccc2ccn(/C(N)=N/O)c2n1. The van der Waals surface area contributed by atoms with Crippen LogP contribution in [0.2, 0.25) is 0 Å². The maximum absolute atomic E-state index is 8.66. The van der Waals surface area contributed by atoms with Gasteiger partial charge in [0.05, 0.1) is 0 Å². The molecule has 84 valence electrons. The number of fused-ring (bicyclic) bond motifs is 1. The Morgan fingerprint density at radius 1 is 1.44 bits per heavy atom. The number of pyridine rings is 1. The standard InChI is InChI=1S/C11H14N4O/c1-7(2)9-4-3-8-5-6-15(10(8)13-9)11(12)14-16/h3-7,16H,1-2H3,(H2,12,14). The van der Waals surface area contributed by atoms with E-state index in [4.69, 9.17) is 10.9 Å². The lowest BCUT2D eigenvalue weighted by molar-refractivity contribution is 0.316. The van der Waals surface area contributed by atoms with Gasteiger partial charge in [-0.25, -0.2) is 4.98 Å². The van der Waals surface area contributed by atoms with Crippen molar-refractivity contribution in [3.8, 4) is 0 Å². The summed E-state index contributed by atoms with van der Waals surface area (Å²) in [7, 11) is 0. The zero-order valence-corrected chi connectivity index (χ0v) is 9.25. The van der Waals surface area contributed by atoms with Gasteiger partial charge in [0.15, 0.2) is 0 Å². The van der Waals surface area contributed by atoms with Crippen LogP contribution in [0.4, 0.5) is 0 Å². The molecule has 16 heavy (non-hydrogen) atoms. The van der Waals surface area contributed by atoms with Crippen LogP contribution >= 0.6 is 0 Å². The van der Waals surface area contributed by atoms with Crippen LogP contribution < -0.4 is 5.73 Å². The number of hydrogen-bond donors (Lipinski definition) is 2. The normalized spacial score (nSPS) is 12.6. The molecule has 0 saturated carbocycles. The minimum absolute atomic E-state index is 0.0170. The van der Waals surface area contributed by atoms with E-state index < -0.39 is 0 Å². The van der Waals surface area contributed by atoms with Gasteiger partial charge < -0.3 is 10.9 Å². The second-order valence-corrected chi connectivity index (χ2v) is 3.95. The molecule has 2 heterocycles. The number of rotatable bonds is 1. The lowest BCUT2D eigenvalue weighted by Crippen LogP contribution is -2.21. The van der Waals surface area contributed by atoms with E-state index >= 15 is 0 Å². The summed E-state index contributed by atoms with van der Waals surface area (Å²) in [6.07, 6.45) is 1.73. The van der Waals surface area contributed by atoms with E-state index in [1.54, 1.807) is 10.8 Å². The lowest BCUT2D eigenvalue weighted by Gasteiger charge is -2.06. The fourth-order valence-corrected chi connectivity index (χ4v) is 1.58. The third kappa shape index (κ3) is 1.60. The van der Waals surface area contributed by atoms with Gasteiger partial charge in [0.25, 0.3) is 0 Å². The van der Waals surface area contributed by atoms with Crippen molar-refractivity contribution in [1.82, 2.24) is 9.55 Å². The molecule has 0 aliphatic rings. The molecule has 0 atom stereocenters. The molecule has 0 saturated heterocycles. The van der Waals surface area contributed by atoms with E-state index in [0.717, 1.165) is 11.1 Å². The molecule has 0 amide bonds. The van der Waals surface area contributed by atoms with Crippen molar-refractivity contribution in [2.45, 2.75) is 19.8 Å². The van der Waals surface area contributed by atoms with Gasteiger partial charge in [-0.1, -0.05) is 19.0 Å². The monoisotopic (exact) mass is 218 g/mol. The van der Waals surface area contributed by atoms with Gasteiger partial charge in [0, 0.05) is 17.3 Å². The molecule has 0 bridgehead atoms. The minimum atomic E-state index is 0.0170. The first-order chi connectivity index (χ1) is 7.63. The molecule has 0 aromatic carbocycles. The second-order valence-electron chi connectivity index (χ2n) is 3.95. The van der Waals surface area contributed by atoms with E-state index in [-0.39, 0.29) is 5.96 Å². The van der Waals surface area contributed by atoms with Crippen molar-refractivity contribution in [1.29, 1.82) is 0 Å². The molecule has 0 aliphatic heterocycles. The zero-order valence-electron chi connectivity index (χ0n) is 9.25. The van der Waals surface area contributed by atoms with Crippen LogP contribution in [0.5, 0.6) is 0 Å². The lowest BCUT2D eigenvalue weighted by atomic mass is 10.1.